The molecule has 9 heteroatoms. The number of nitrogens with zero attached hydrogens (tertiary/aromatic N) is 2. The molecule has 0 unspecified atom stereocenters. The van der Waals surface area contributed by atoms with Gasteiger partial charge in [0.2, 0.25) is 5.91 Å². The van der Waals surface area contributed by atoms with E-state index in [0.717, 1.165) is 31.4 Å². The first-order valence-electron chi connectivity index (χ1n) is 8.83. The molecule has 2 aromatic heterocycles. The zero-order valence-electron chi connectivity index (χ0n) is 14.7. The van der Waals surface area contributed by atoms with Crippen LogP contribution >= 0.6 is 0 Å². The molecule has 0 bridgehead atoms. The molecule has 2 aromatic rings. The largest absolute Gasteiger partial charge is 0.446 e. The van der Waals surface area contributed by atoms with Crippen molar-refractivity contribution in [3.63, 3.8) is 0 Å². The van der Waals surface area contributed by atoms with Crippen LogP contribution < -0.4 is 10.6 Å². The molecule has 3 N–H and O–H groups in total. The Labute approximate surface area is 150 Å². The van der Waals surface area contributed by atoms with Crippen LogP contribution in [0.1, 0.15) is 50.0 Å². The molecule has 0 aromatic carbocycles. The van der Waals surface area contributed by atoms with Crippen LogP contribution in [0.25, 0.3) is 0 Å². The lowest BCUT2D eigenvalue weighted by Crippen LogP contribution is -2.28. The van der Waals surface area contributed by atoms with E-state index in [4.69, 9.17) is 9.26 Å². The molecule has 0 aliphatic heterocycles. The average Bonchev–Trinajstić information content (AvgIpc) is 3.35. The number of nitrogens with one attached hydrogen (secondary N) is 3. The highest BCUT2D eigenvalue weighted by molar-refractivity contribution is 5.91. The summed E-state index contributed by atoms with van der Waals surface area (Å²) in [5.41, 5.74) is 0.931. The third-order valence-electron chi connectivity index (χ3n) is 4.31. The molecule has 3 rings (SSSR count). The van der Waals surface area contributed by atoms with Crippen molar-refractivity contribution in [1.82, 2.24) is 20.7 Å². The van der Waals surface area contributed by atoms with Gasteiger partial charge < -0.3 is 19.9 Å². The Kier molecular flexibility index (Phi) is 5.88. The molecule has 26 heavy (non-hydrogen) atoms. The number of aromatic amines is 1. The van der Waals surface area contributed by atoms with Gasteiger partial charge in [-0.05, 0) is 25.7 Å². The Morgan fingerprint density at radius 3 is 3.08 bits per heavy atom. The van der Waals surface area contributed by atoms with Gasteiger partial charge in [-0.1, -0.05) is 12.1 Å². The lowest BCUT2D eigenvalue weighted by Gasteiger charge is -2.12. The Bertz CT molecular complexity index is 727. The first kappa shape index (κ1) is 18.0. The topological polar surface area (TPSA) is 122 Å². The minimum atomic E-state index is -0.359. The summed E-state index contributed by atoms with van der Waals surface area (Å²) in [6, 6.07) is 3.47. The van der Waals surface area contributed by atoms with Crippen LogP contribution in [0.15, 0.2) is 22.9 Å². The first-order valence-corrected chi connectivity index (χ1v) is 8.83. The van der Waals surface area contributed by atoms with Gasteiger partial charge in [0.05, 0.1) is 12.6 Å². The van der Waals surface area contributed by atoms with E-state index in [9.17, 15) is 9.59 Å². The van der Waals surface area contributed by atoms with Crippen LogP contribution in [-0.2, 0) is 16.0 Å². The SMILES string of the molecule is CCCNC(=O)O[C@H]1CC[C@@H](c2cc(NC(=O)Cc3ccno3)n[nH]2)C1. The fraction of sp³-hybridized carbons (Fsp3) is 0.529. The number of H-pyrrole nitrogens is 1. The monoisotopic (exact) mass is 361 g/mol. The second-order valence-corrected chi connectivity index (χ2v) is 6.38. The predicted octanol–water partition coefficient (Wildman–Crippen LogP) is 2.35. The molecule has 140 valence electrons. The number of carbonyl (C=O) groups is 2. The second-order valence-electron chi connectivity index (χ2n) is 6.38. The summed E-state index contributed by atoms with van der Waals surface area (Å²) in [6.07, 6.45) is 4.49. The molecule has 0 spiro atoms. The maximum Gasteiger partial charge on any atom is 0.407 e. The highest BCUT2D eigenvalue weighted by Crippen LogP contribution is 2.35. The highest BCUT2D eigenvalue weighted by atomic mass is 16.6. The average molecular weight is 361 g/mol. The van der Waals surface area contributed by atoms with Gasteiger partial charge in [0.1, 0.15) is 11.9 Å². The van der Waals surface area contributed by atoms with E-state index in [1.807, 2.05) is 13.0 Å². The summed E-state index contributed by atoms with van der Waals surface area (Å²) in [4.78, 5) is 23.6. The fourth-order valence-electron chi connectivity index (χ4n) is 3.04. The van der Waals surface area contributed by atoms with Crippen molar-refractivity contribution in [2.24, 2.45) is 0 Å². The number of hydrogen-bond acceptors (Lipinski definition) is 6. The summed E-state index contributed by atoms with van der Waals surface area (Å²) in [6.45, 7) is 2.61. The Morgan fingerprint density at radius 1 is 1.42 bits per heavy atom. The summed E-state index contributed by atoms with van der Waals surface area (Å²) in [5.74, 6) is 0.969. The summed E-state index contributed by atoms with van der Waals surface area (Å²) < 4.78 is 10.3. The first-order chi connectivity index (χ1) is 12.6. The minimum absolute atomic E-state index is 0.0929. The predicted molar refractivity (Wildman–Crippen MR) is 92.6 cm³/mol. The third kappa shape index (κ3) is 4.84. The molecular weight excluding hydrogens is 338 g/mol. The molecule has 2 heterocycles. The Hall–Kier alpha value is -2.84. The second kappa shape index (κ2) is 8.50. The fourth-order valence-corrected chi connectivity index (χ4v) is 3.04. The van der Waals surface area contributed by atoms with Gasteiger partial charge in [-0.2, -0.15) is 5.10 Å². The zero-order chi connectivity index (χ0) is 18.4. The number of carbonyl (C=O) groups excluding carboxylic acids is 2. The van der Waals surface area contributed by atoms with Crippen molar-refractivity contribution in [2.45, 2.75) is 51.0 Å². The molecular formula is C17H23N5O4. The quantitative estimate of drug-likeness (QED) is 0.696. The maximum atomic E-state index is 12.0. The molecule has 1 aliphatic rings. The van der Waals surface area contributed by atoms with E-state index in [1.165, 1.54) is 6.20 Å². The molecule has 1 fully saturated rings. The van der Waals surface area contributed by atoms with Crippen molar-refractivity contribution >= 4 is 17.8 Å². The van der Waals surface area contributed by atoms with Gasteiger partial charge in [0, 0.05) is 30.3 Å². The zero-order valence-corrected chi connectivity index (χ0v) is 14.7. The maximum absolute atomic E-state index is 12.0. The number of alkyl carbamates (subject to hydrolysis) is 1. The van der Waals surface area contributed by atoms with Crippen LogP contribution in [0.5, 0.6) is 0 Å². The van der Waals surface area contributed by atoms with Crippen molar-refractivity contribution in [1.29, 1.82) is 0 Å². The smallest absolute Gasteiger partial charge is 0.407 e. The van der Waals surface area contributed by atoms with Gasteiger partial charge >= 0.3 is 6.09 Å². The van der Waals surface area contributed by atoms with E-state index in [2.05, 4.69) is 26.0 Å². The van der Waals surface area contributed by atoms with Crippen molar-refractivity contribution in [2.75, 3.05) is 11.9 Å². The van der Waals surface area contributed by atoms with E-state index in [-0.39, 0.29) is 30.4 Å². The van der Waals surface area contributed by atoms with Gasteiger partial charge in [-0.15, -0.1) is 0 Å². The minimum Gasteiger partial charge on any atom is -0.446 e. The number of aromatic nitrogens is 3. The molecule has 9 nitrogen and oxygen atoms in total. The van der Waals surface area contributed by atoms with Gasteiger partial charge in [0.25, 0.3) is 0 Å². The van der Waals surface area contributed by atoms with Crippen LogP contribution in [0, 0.1) is 0 Å². The van der Waals surface area contributed by atoms with Crippen LogP contribution in [0.2, 0.25) is 0 Å². The number of ether oxygens (including phenoxy) is 1. The van der Waals surface area contributed by atoms with Crippen molar-refractivity contribution < 1.29 is 18.8 Å². The van der Waals surface area contributed by atoms with Crippen molar-refractivity contribution in [3.05, 3.63) is 29.8 Å². The highest BCUT2D eigenvalue weighted by Gasteiger charge is 2.30. The molecule has 2 amide bonds. The van der Waals surface area contributed by atoms with Gasteiger partial charge in [-0.3, -0.25) is 9.89 Å². The Balaban J connectivity index is 1.47. The van der Waals surface area contributed by atoms with Crippen LogP contribution in [0.4, 0.5) is 10.6 Å². The molecule has 2 atom stereocenters. The number of amides is 2. The third-order valence-corrected chi connectivity index (χ3v) is 4.31. The van der Waals surface area contributed by atoms with E-state index < -0.39 is 0 Å². The standard InChI is InChI=1S/C17H23N5O4/c1-2-6-18-17(24)25-12-4-3-11(8-12)14-10-15(22-21-14)20-16(23)9-13-5-7-19-26-13/h5,7,10-12H,2-4,6,8-9H2,1H3,(H,18,24)(H2,20,21,22,23)/t11-,12+/m1/s1. The number of anilines is 1. The number of hydrogen-bond donors (Lipinski definition) is 3. The van der Waals surface area contributed by atoms with Crippen LogP contribution in [-0.4, -0.2) is 40.0 Å². The van der Waals surface area contributed by atoms with Gasteiger partial charge in [-0.25, -0.2) is 4.79 Å². The lowest BCUT2D eigenvalue weighted by atomic mass is 10.0. The summed E-state index contributed by atoms with van der Waals surface area (Å²) in [7, 11) is 0. The van der Waals surface area contributed by atoms with Gasteiger partial charge in [0.15, 0.2) is 5.82 Å². The Morgan fingerprint density at radius 2 is 2.31 bits per heavy atom. The molecule has 1 aliphatic carbocycles. The number of rotatable bonds is 7. The van der Waals surface area contributed by atoms with Crippen LogP contribution in [0.3, 0.4) is 0 Å². The summed E-state index contributed by atoms with van der Waals surface area (Å²) >= 11 is 0. The van der Waals surface area contributed by atoms with E-state index in [1.54, 1.807) is 6.07 Å². The van der Waals surface area contributed by atoms with E-state index in [0.29, 0.717) is 18.1 Å². The van der Waals surface area contributed by atoms with Crippen molar-refractivity contribution in [3.8, 4) is 0 Å². The molecule has 0 saturated heterocycles. The molecule has 0 radical (unpaired) electrons. The van der Waals surface area contributed by atoms with E-state index >= 15 is 0 Å². The molecule has 1 saturated carbocycles. The lowest BCUT2D eigenvalue weighted by molar-refractivity contribution is -0.115. The normalized spacial score (nSPS) is 19.3. The summed E-state index contributed by atoms with van der Waals surface area (Å²) in [5, 5.41) is 16.1.